The molecule has 0 saturated carbocycles. The lowest BCUT2D eigenvalue weighted by Gasteiger charge is -2.09. The van der Waals surface area contributed by atoms with Crippen LogP contribution in [0, 0.1) is 5.82 Å². The lowest BCUT2D eigenvalue weighted by Crippen LogP contribution is -2.21. The fraction of sp³-hybridized carbons (Fsp3) is 0.0714. The predicted molar refractivity (Wildman–Crippen MR) is 85.0 cm³/mol. The van der Waals surface area contributed by atoms with Crippen LogP contribution in [0.5, 0.6) is 0 Å². The van der Waals surface area contributed by atoms with E-state index in [0.29, 0.717) is 21.4 Å². The number of benzene rings is 2. The van der Waals surface area contributed by atoms with Crippen molar-refractivity contribution in [2.24, 2.45) is 0 Å². The minimum Gasteiger partial charge on any atom is -0.376 e. The Labute approximate surface area is 136 Å². The average Bonchev–Trinajstić information content (AvgIpc) is 2.44. The minimum absolute atomic E-state index is 0.00219. The van der Waals surface area contributed by atoms with Gasteiger partial charge in [0, 0.05) is 11.4 Å². The summed E-state index contributed by atoms with van der Waals surface area (Å²) in [6, 6.07) is 8.91. The molecule has 3 nitrogen and oxygen atoms in total. The number of hydrogen-bond donors (Lipinski definition) is 2. The van der Waals surface area contributed by atoms with Crippen molar-refractivity contribution >= 4 is 52.1 Å². The maximum Gasteiger partial charge on any atom is 0.243 e. The molecule has 7 heteroatoms. The van der Waals surface area contributed by atoms with Gasteiger partial charge >= 0.3 is 0 Å². The quantitative estimate of drug-likeness (QED) is 0.831. The Morgan fingerprint density at radius 1 is 0.952 bits per heavy atom. The Kier molecular flexibility index (Phi) is 5.28. The van der Waals surface area contributed by atoms with Crippen molar-refractivity contribution in [2.45, 2.75) is 0 Å². The van der Waals surface area contributed by atoms with Crippen molar-refractivity contribution < 1.29 is 9.18 Å². The van der Waals surface area contributed by atoms with Crippen LogP contribution < -0.4 is 10.6 Å². The van der Waals surface area contributed by atoms with Crippen LogP contribution in [-0.2, 0) is 4.79 Å². The first kappa shape index (κ1) is 15.9. The van der Waals surface area contributed by atoms with E-state index in [1.807, 2.05) is 0 Å². The molecule has 21 heavy (non-hydrogen) atoms. The summed E-state index contributed by atoms with van der Waals surface area (Å²) in [5.41, 5.74) is 1.08. The number of carbonyl (C=O) groups is 1. The molecule has 0 spiro atoms. The second-order valence-electron chi connectivity index (χ2n) is 4.16. The maximum atomic E-state index is 13.0. The zero-order chi connectivity index (χ0) is 15.4. The molecule has 0 aliphatic rings. The SMILES string of the molecule is O=C(CNc1ccc(F)c(Cl)c1)Nc1ccc(Cl)c(Cl)c1. The van der Waals surface area contributed by atoms with E-state index in [2.05, 4.69) is 10.6 Å². The number of halogens is 4. The molecular formula is C14H10Cl3FN2O. The molecule has 2 N–H and O–H groups in total. The van der Waals surface area contributed by atoms with Crippen molar-refractivity contribution in [1.82, 2.24) is 0 Å². The summed E-state index contributed by atoms with van der Waals surface area (Å²) in [5.74, 6) is -0.795. The zero-order valence-corrected chi connectivity index (χ0v) is 12.9. The maximum absolute atomic E-state index is 13.0. The van der Waals surface area contributed by atoms with Crippen LogP contribution in [0.2, 0.25) is 15.1 Å². The molecule has 0 fully saturated rings. The molecule has 0 aromatic heterocycles. The Morgan fingerprint density at radius 2 is 1.62 bits per heavy atom. The van der Waals surface area contributed by atoms with Crippen LogP contribution in [0.3, 0.4) is 0 Å². The van der Waals surface area contributed by atoms with Crippen LogP contribution in [0.25, 0.3) is 0 Å². The van der Waals surface area contributed by atoms with E-state index >= 15 is 0 Å². The number of hydrogen-bond acceptors (Lipinski definition) is 2. The molecule has 0 bridgehead atoms. The highest BCUT2D eigenvalue weighted by molar-refractivity contribution is 6.42. The molecule has 0 aliphatic carbocycles. The van der Waals surface area contributed by atoms with Gasteiger partial charge in [0.15, 0.2) is 0 Å². The van der Waals surface area contributed by atoms with Crippen LogP contribution in [0.4, 0.5) is 15.8 Å². The second kappa shape index (κ2) is 6.98. The lowest BCUT2D eigenvalue weighted by atomic mass is 10.3. The summed E-state index contributed by atoms with van der Waals surface area (Å²) < 4.78 is 13.0. The van der Waals surface area contributed by atoms with Gasteiger partial charge in [0.1, 0.15) is 5.82 Å². The van der Waals surface area contributed by atoms with Gasteiger partial charge in [0.2, 0.25) is 5.91 Å². The molecule has 2 aromatic carbocycles. The third-order valence-corrected chi connectivity index (χ3v) is 3.60. The van der Waals surface area contributed by atoms with Crippen molar-refractivity contribution in [3.63, 3.8) is 0 Å². The van der Waals surface area contributed by atoms with E-state index in [4.69, 9.17) is 34.8 Å². The van der Waals surface area contributed by atoms with Crippen molar-refractivity contribution in [3.8, 4) is 0 Å². The van der Waals surface area contributed by atoms with Gasteiger partial charge in [0.25, 0.3) is 0 Å². The van der Waals surface area contributed by atoms with E-state index in [1.165, 1.54) is 18.2 Å². The Hall–Kier alpha value is -1.49. The number of nitrogens with one attached hydrogen (secondary N) is 2. The Balaban J connectivity index is 1.92. The van der Waals surface area contributed by atoms with Gasteiger partial charge in [-0.2, -0.15) is 0 Å². The predicted octanol–water partition coefficient (Wildman–Crippen LogP) is 4.84. The fourth-order valence-electron chi connectivity index (χ4n) is 1.57. The van der Waals surface area contributed by atoms with Crippen LogP contribution in [0.15, 0.2) is 36.4 Å². The molecule has 2 rings (SSSR count). The van der Waals surface area contributed by atoms with Crippen molar-refractivity contribution in [1.29, 1.82) is 0 Å². The molecule has 0 aliphatic heterocycles. The topological polar surface area (TPSA) is 41.1 Å². The number of carbonyl (C=O) groups excluding carboxylic acids is 1. The molecule has 0 heterocycles. The third-order valence-electron chi connectivity index (χ3n) is 2.58. The third kappa shape index (κ3) is 4.49. The fourth-order valence-corrected chi connectivity index (χ4v) is 2.05. The Morgan fingerprint density at radius 3 is 2.29 bits per heavy atom. The summed E-state index contributed by atoms with van der Waals surface area (Å²) in [6.45, 7) is 0.00219. The van der Waals surface area contributed by atoms with Crippen LogP contribution in [0.1, 0.15) is 0 Å². The van der Waals surface area contributed by atoms with Crippen molar-refractivity contribution in [3.05, 3.63) is 57.3 Å². The van der Waals surface area contributed by atoms with E-state index in [-0.39, 0.29) is 17.5 Å². The van der Waals surface area contributed by atoms with Gasteiger partial charge in [-0.15, -0.1) is 0 Å². The summed E-state index contributed by atoms with van der Waals surface area (Å²) in [6.07, 6.45) is 0. The van der Waals surface area contributed by atoms with Gasteiger partial charge in [-0.05, 0) is 36.4 Å². The number of anilines is 2. The molecular weight excluding hydrogens is 338 g/mol. The van der Waals surface area contributed by atoms with Gasteiger partial charge in [-0.3, -0.25) is 4.79 Å². The number of rotatable bonds is 4. The first-order chi connectivity index (χ1) is 9.95. The molecule has 0 atom stereocenters. The molecule has 2 aromatic rings. The van der Waals surface area contributed by atoms with Gasteiger partial charge < -0.3 is 10.6 Å². The zero-order valence-electron chi connectivity index (χ0n) is 10.6. The summed E-state index contributed by atoms with van der Waals surface area (Å²) in [7, 11) is 0. The smallest absolute Gasteiger partial charge is 0.243 e. The van der Waals surface area contributed by atoms with Gasteiger partial charge in [-0.25, -0.2) is 4.39 Å². The lowest BCUT2D eigenvalue weighted by molar-refractivity contribution is -0.114. The minimum atomic E-state index is -0.512. The van der Waals surface area contributed by atoms with E-state index in [1.54, 1.807) is 18.2 Å². The van der Waals surface area contributed by atoms with Crippen LogP contribution in [-0.4, -0.2) is 12.5 Å². The van der Waals surface area contributed by atoms with Crippen LogP contribution >= 0.6 is 34.8 Å². The first-order valence-electron chi connectivity index (χ1n) is 5.89. The molecule has 0 saturated heterocycles. The number of amides is 1. The highest BCUT2D eigenvalue weighted by atomic mass is 35.5. The monoisotopic (exact) mass is 346 g/mol. The molecule has 0 radical (unpaired) electrons. The van der Waals surface area contributed by atoms with E-state index in [9.17, 15) is 9.18 Å². The van der Waals surface area contributed by atoms with Gasteiger partial charge in [-0.1, -0.05) is 34.8 Å². The molecule has 1 amide bonds. The molecule has 0 unspecified atom stereocenters. The van der Waals surface area contributed by atoms with E-state index in [0.717, 1.165) is 0 Å². The van der Waals surface area contributed by atoms with E-state index < -0.39 is 5.82 Å². The van der Waals surface area contributed by atoms with Gasteiger partial charge in [0.05, 0.1) is 21.6 Å². The average molecular weight is 348 g/mol. The standard InChI is InChI=1S/C14H10Cl3FN2O/c15-10-3-1-9(6-11(10)16)20-14(21)7-19-8-2-4-13(18)12(17)5-8/h1-6,19H,7H2,(H,20,21). The first-order valence-corrected chi connectivity index (χ1v) is 7.03. The Bertz CT molecular complexity index is 679. The molecule has 110 valence electrons. The second-order valence-corrected chi connectivity index (χ2v) is 5.38. The summed E-state index contributed by atoms with van der Waals surface area (Å²) >= 11 is 17.3. The largest absolute Gasteiger partial charge is 0.376 e. The van der Waals surface area contributed by atoms with Crippen molar-refractivity contribution in [2.75, 3.05) is 17.2 Å². The highest BCUT2D eigenvalue weighted by Gasteiger charge is 2.06. The highest BCUT2D eigenvalue weighted by Crippen LogP contribution is 2.25. The summed E-state index contributed by atoms with van der Waals surface area (Å²) in [4.78, 5) is 11.8. The normalized spacial score (nSPS) is 10.3. The summed E-state index contributed by atoms with van der Waals surface area (Å²) in [5, 5.41) is 6.25.